The quantitative estimate of drug-likeness (QED) is 0.741. The van der Waals surface area contributed by atoms with E-state index >= 15 is 0 Å². The third-order valence-electron chi connectivity index (χ3n) is 4.79. The molecule has 5 unspecified atom stereocenters. The second-order valence-corrected chi connectivity index (χ2v) is 8.28. The van der Waals surface area contributed by atoms with Crippen LogP contribution in [0.15, 0.2) is 35.3 Å². The Labute approximate surface area is 109 Å². The molecule has 4 rings (SSSR count). The van der Waals surface area contributed by atoms with Crippen LogP contribution in [0.1, 0.15) is 19.8 Å². The van der Waals surface area contributed by atoms with Gasteiger partial charge in [-0.3, -0.25) is 0 Å². The monoisotopic (exact) mass is 291 g/mol. The fourth-order valence-corrected chi connectivity index (χ4v) is 7.11. The maximum absolute atomic E-state index is 4.98. The van der Waals surface area contributed by atoms with Crippen molar-refractivity contribution in [1.29, 1.82) is 0 Å². The molecule has 17 heavy (non-hydrogen) atoms. The molecule has 1 aromatic rings. The van der Waals surface area contributed by atoms with Gasteiger partial charge in [0, 0.05) is 0 Å². The van der Waals surface area contributed by atoms with Gasteiger partial charge in [-0.25, -0.2) is 0 Å². The van der Waals surface area contributed by atoms with Crippen LogP contribution >= 0.6 is 0 Å². The molecule has 2 bridgehead atoms. The fourth-order valence-electron chi connectivity index (χ4n) is 4.08. The van der Waals surface area contributed by atoms with E-state index in [0.717, 1.165) is 22.6 Å². The van der Waals surface area contributed by atoms with Gasteiger partial charge in [0.05, 0.1) is 0 Å². The van der Waals surface area contributed by atoms with Crippen molar-refractivity contribution < 1.29 is 0 Å². The molecule has 5 atom stereocenters. The van der Waals surface area contributed by atoms with Gasteiger partial charge in [-0.05, 0) is 0 Å². The van der Waals surface area contributed by atoms with E-state index in [2.05, 4.69) is 37.3 Å². The average Bonchev–Trinajstić information content (AvgIpc) is 2.95. The third-order valence-corrected chi connectivity index (χ3v) is 7.90. The molecule has 2 aliphatic carbocycles. The standard InChI is InChI=1S/C15H17NSe/c1-9-12-7-10-8-13(12)14(16-9)15(10)17-11-5-3-2-4-6-11/h2-6,10,12-15H,7-8H2,1H3. The van der Waals surface area contributed by atoms with Crippen molar-refractivity contribution in [2.75, 3.05) is 0 Å². The van der Waals surface area contributed by atoms with Crippen LogP contribution in [0.4, 0.5) is 0 Å². The van der Waals surface area contributed by atoms with Crippen LogP contribution in [0.3, 0.4) is 0 Å². The van der Waals surface area contributed by atoms with Crippen LogP contribution < -0.4 is 4.46 Å². The van der Waals surface area contributed by atoms with Crippen molar-refractivity contribution in [3.05, 3.63) is 30.3 Å². The minimum absolute atomic E-state index is 0.629. The SMILES string of the molecule is CC1=NC2C3CC(CC13)C2[Se]c1ccccc1. The molecule has 1 aromatic carbocycles. The number of rotatable bonds is 2. The van der Waals surface area contributed by atoms with Gasteiger partial charge < -0.3 is 0 Å². The summed E-state index contributed by atoms with van der Waals surface area (Å²) in [6.07, 6.45) is 2.91. The second-order valence-electron chi connectivity index (χ2n) is 5.66. The van der Waals surface area contributed by atoms with Gasteiger partial charge in [0.2, 0.25) is 0 Å². The van der Waals surface area contributed by atoms with E-state index in [1.54, 1.807) is 4.46 Å². The third kappa shape index (κ3) is 1.47. The first kappa shape index (κ1) is 10.3. The van der Waals surface area contributed by atoms with Crippen molar-refractivity contribution in [2.24, 2.45) is 22.7 Å². The predicted molar refractivity (Wildman–Crippen MR) is 72.2 cm³/mol. The minimum atomic E-state index is 0.629. The van der Waals surface area contributed by atoms with Crippen molar-refractivity contribution in [1.82, 2.24) is 0 Å². The number of fused-ring (bicyclic) bond motifs is 1. The van der Waals surface area contributed by atoms with E-state index in [1.165, 1.54) is 18.6 Å². The number of hydrogen-bond acceptors (Lipinski definition) is 1. The molecular formula is C15H17NSe. The molecule has 1 aliphatic heterocycles. The Kier molecular flexibility index (Phi) is 2.25. The van der Waals surface area contributed by atoms with Crippen LogP contribution in [0.5, 0.6) is 0 Å². The first-order valence-electron chi connectivity index (χ1n) is 6.59. The number of hydrogen-bond donors (Lipinski definition) is 0. The first-order chi connectivity index (χ1) is 8.33. The predicted octanol–water partition coefficient (Wildman–Crippen LogP) is 2.30. The summed E-state index contributed by atoms with van der Waals surface area (Å²) in [6.45, 7) is 2.26. The Bertz CT molecular complexity index is 467. The van der Waals surface area contributed by atoms with Gasteiger partial charge in [-0.15, -0.1) is 0 Å². The van der Waals surface area contributed by atoms with E-state index in [4.69, 9.17) is 4.99 Å². The van der Waals surface area contributed by atoms with Crippen LogP contribution in [-0.4, -0.2) is 26.7 Å². The zero-order chi connectivity index (χ0) is 11.4. The summed E-state index contributed by atoms with van der Waals surface area (Å²) in [7, 11) is 0. The van der Waals surface area contributed by atoms with Crippen molar-refractivity contribution in [3.8, 4) is 0 Å². The molecule has 0 spiro atoms. The zero-order valence-electron chi connectivity index (χ0n) is 10.0. The van der Waals surface area contributed by atoms with E-state index in [9.17, 15) is 0 Å². The van der Waals surface area contributed by atoms with Crippen molar-refractivity contribution in [3.63, 3.8) is 0 Å². The van der Waals surface area contributed by atoms with Gasteiger partial charge in [0.1, 0.15) is 0 Å². The molecule has 0 amide bonds. The normalized spacial score (nSPS) is 41.9. The molecule has 2 saturated carbocycles. The molecular weight excluding hydrogens is 273 g/mol. The molecule has 2 heteroatoms. The van der Waals surface area contributed by atoms with Gasteiger partial charge in [-0.2, -0.15) is 0 Å². The van der Waals surface area contributed by atoms with Crippen molar-refractivity contribution >= 4 is 25.1 Å². The summed E-state index contributed by atoms with van der Waals surface area (Å²) >= 11 is 0.629. The molecule has 88 valence electrons. The van der Waals surface area contributed by atoms with Crippen LogP contribution in [0.2, 0.25) is 4.82 Å². The van der Waals surface area contributed by atoms with E-state index in [-0.39, 0.29) is 0 Å². The molecule has 0 N–H and O–H groups in total. The Balaban J connectivity index is 1.61. The second kappa shape index (κ2) is 3.70. The Morgan fingerprint density at radius 2 is 2.00 bits per heavy atom. The molecule has 1 nitrogen and oxygen atoms in total. The number of nitrogens with zero attached hydrogens (tertiary/aromatic N) is 1. The van der Waals surface area contributed by atoms with Gasteiger partial charge >= 0.3 is 109 Å². The van der Waals surface area contributed by atoms with Gasteiger partial charge in [0.25, 0.3) is 0 Å². The Morgan fingerprint density at radius 3 is 2.82 bits per heavy atom. The maximum atomic E-state index is 4.98. The molecule has 2 fully saturated rings. The van der Waals surface area contributed by atoms with Crippen LogP contribution in [0.25, 0.3) is 0 Å². The fraction of sp³-hybridized carbons (Fsp3) is 0.533. The average molecular weight is 290 g/mol. The molecule has 0 aromatic heterocycles. The van der Waals surface area contributed by atoms with Crippen LogP contribution in [-0.2, 0) is 0 Å². The summed E-state index contributed by atoms with van der Waals surface area (Å²) in [4.78, 5) is 5.88. The first-order valence-corrected chi connectivity index (χ1v) is 8.43. The summed E-state index contributed by atoms with van der Waals surface area (Å²) in [5.74, 6) is 2.78. The summed E-state index contributed by atoms with van der Waals surface area (Å²) in [5.41, 5.74) is 1.47. The molecule has 0 saturated heterocycles. The number of benzene rings is 1. The Morgan fingerprint density at radius 1 is 1.18 bits per heavy atom. The van der Waals surface area contributed by atoms with E-state index in [1.807, 2.05) is 0 Å². The van der Waals surface area contributed by atoms with Crippen molar-refractivity contribution in [2.45, 2.75) is 30.6 Å². The Hall–Kier alpha value is -0.591. The molecule has 0 radical (unpaired) electrons. The van der Waals surface area contributed by atoms with Gasteiger partial charge in [-0.1, -0.05) is 0 Å². The summed E-state index contributed by atoms with van der Waals surface area (Å²) in [5, 5.41) is 0. The van der Waals surface area contributed by atoms with Gasteiger partial charge in [0.15, 0.2) is 0 Å². The molecule has 3 aliphatic rings. The van der Waals surface area contributed by atoms with E-state index < -0.39 is 0 Å². The van der Waals surface area contributed by atoms with E-state index in [0.29, 0.717) is 21.0 Å². The van der Waals surface area contributed by atoms with Crippen LogP contribution in [0, 0.1) is 17.8 Å². The summed E-state index contributed by atoms with van der Waals surface area (Å²) in [6, 6.07) is 11.8. The number of aliphatic imine (C=N–C) groups is 1. The molecule has 1 heterocycles. The topological polar surface area (TPSA) is 12.4 Å². The summed E-state index contributed by atoms with van der Waals surface area (Å²) < 4.78 is 1.56. The zero-order valence-corrected chi connectivity index (χ0v) is 11.8.